The predicted molar refractivity (Wildman–Crippen MR) is 112 cm³/mol. The minimum Gasteiger partial charge on any atom is -0.360 e. The third kappa shape index (κ3) is 3.17. The van der Waals surface area contributed by atoms with Crippen LogP contribution in [0.25, 0.3) is 0 Å². The summed E-state index contributed by atoms with van der Waals surface area (Å²) in [6.45, 7) is 6.14. The molecule has 2 saturated heterocycles. The summed E-state index contributed by atoms with van der Waals surface area (Å²) < 4.78 is 8.17. The van der Waals surface area contributed by atoms with Crippen molar-refractivity contribution in [3.8, 4) is 0 Å². The molecule has 0 saturated carbocycles. The zero-order valence-corrected chi connectivity index (χ0v) is 18.1. The molecule has 1 aromatic carbocycles. The summed E-state index contributed by atoms with van der Waals surface area (Å²) in [5, 5.41) is 8.07. The highest BCUT2D eigenvalue weighted by Gasteiger charge is 2.67. The Kier molecular flexibility index (Phi) is 4.69. The first-order valence-electron chi connectivity index (χ1n) is 10.7. The van der Waals surface area contributed by atoms with Gasteiger partial charge in [-0.05, 0) is 19.4 Å². The fourth-order valence-corrected chi connectivity index (χ4v) is 5.23. The van der Waals surface area contributed by atoms with Crippen LogP contribution in [-0.4, -0.2) is 61.7 Å². The van der Waals surface area contributed by atoms with E-state index < -0.39 is 17.4 Å². The fraction of sp³-hybridized carbons (Fsp3) is 0.478. The second kappa shape index (κ2) is 7.30. The zero-order chi connectivity index (χ0) is 21.8. The lowest BCUT2D eigenvalue weighted by Gasteiger charge is -2.27. The molecule has 2 bridgehead atoms. The standard InChI is InChI=1S/C23H27N5O3/c1-4-27-14-24-25-18(27)12-26(3)21(29)19-17-8-9-23(31-17)13-28(22(30)20(19)23)11-16-7-5-6-15(2)10-16/h5-10,14,17,19-20H,4,11-13H2,1-3H3/t17-,19+,20-,23-/m0/s1. The molecule has 0 aliphatic carbocycles. The Balaban J connectivity index is 1.36. The quantitative estimate of drug-likeness (QED) is 0.661. The molecule has 162 valence electrons. The van der Waals surface area contributed by atoms with Gasteiger partial charge in [-0.25, -0.2) is 0 Å². The van der Waals surface area contributed by atoms with Crippen molar-refractivity contribution in [1.82, 2.24) is 24.6 Å². The van der Waals surface area contributed by atoms with Gasteiger partial charge in [0, 0.05) is 20.1 Å². The van der Waals surface area contributed by atoms with Crippen LogP contribution in [-0.2, 0) is 34.0 Å². The lowest BCUT2D eigenvalue weighted by Crippen LogP contribution is -2.44. The van der Waals surface area contributed by atoms with Crippen molar-refractivity contribution < 1.29 is 14.3 Å². The highest BCUT2D eigenvalue weighted by atomic mass is 16.5. The van der Waals surface area contributed by atoms with Crippen LogP contribution in [0, 0.1) is 18.8 Å². The molecular formula is C23H27N5O3. The lowest BCUT2D eigenvalue weighted by molar-refractivity contribution is -0.143. The zero-order valence-electron chi connectivity index (χ0n) is 18.1. The number of carbonyl (C=O) groups is 2. The summed E-state index contributed by atoms with van der Waals surface area (Å²) in [5.74, 6) is -0.352. The number of ether oxygens (including phenoxy) is 1. The van der Waals surface area contributed by atoms with E-state index in [0.29, 0.717) is 19.6 Å². The Bertz CT molecular complexity index is 1060. The minimum atomic E-state index is -0.698. The third-order valence-corrected chi connectivity index (χ3v) is 6.71. The molecule has 2 aromatic rings. The van der Waals surface area contributed by atoms with Gasteiger partial charge in [0.25, 0.3) is 0 Å². The molecule has 31 heavy (non-hydrogen) atoms. The normalized spacial score (nSPS) is 28.4. The van der Waals surface area contributed by atoms with Gasteiger partial charge in [-0.1, -0.05) is 42.0 Å². The highest BCUT2D eigenvalue weighted by Crippen LogP contribution is 2.52. The Morgan fingerprint density at radius 3 is 3.00 bits per heavy atom. The van der Waals surface area contributed by atoms with Crippen LogP contribution in [0.3, 0.4) is 0 Å². The maximum atomic E-state index is 13.4. The average molecular weight is 422 g/mol. The van der Waals surface area contributed by atoms with E-state index in [2.05, 4.69) is 16.3 Å². The molecule has 2 fully saturated rings. The summed E-state index contributed by atoms with van der Waals surface area (Å²) in [6, 6.07) is 8.16. The van der Waals surface area contributed by atoms with Crippen LogP contribution in [0.1, 0.15) is 23.9 Å². The summed E-state index contributed by atoms with van der Waals surface area (Å²) in [5.41, 5.74) is 1.55. The van der Waals surface area contributed by atoms with Crippen LogP contribution in [0.15, 0.2) is 42.7 Å². The Labute approximate surface area is 181 Å². The van der Waals surface area contributed by atoms with Crippen LogP contribution in [0.2, 0.25) is 0 Å². The first kappa shape index (κ1) is 19.9. The predicted octanol–water partition coefficient (Wildman–Crippen LogP) is 1.55. The molecule has 4 heterocycles. The smallest absolute Gasteiger partial charge is 0.230 e. The molecule has 3 aliphatic heterocycles. The third-order valence-electron chi connectivity index (χ3n) is 6.71. The fourth-order valence-electron chi connectivity index (χ4n) is 5.23. The number of hydrogen-bond acceptors (Lipinski definition) is 5. The van der Waals surface area contributed by atoms with Gasteiger partial charge >= 0.3 is 0 Å². The number of amides is 2. The van der Waals surface area contributed by atoms with E-state index in [9.17, 15) is 9.59 Å². The van der Waals surface area contributed by atoms with Gasteiger partial charge in [0.2, 0.25) is 11.8 Å². The summed E-state index contributed by atoms with van der Waals surface area (Å²) in [6.07, 6.45) is 5.25. The van der Waals surface area contributed by atoms with E-state index in [1.807, 2.05) is 53.7 Å². The van der Waals surface area contributed by atoms with Gasteiger partial charge < -0.3 is 19.1 Å². The van der Waals surface area contributed by atoms with Crippen molar-refractivity contribution >= 4 is 11.8 Å². The Morgan fingerprint density at radius 1 is 1.39 bits per heavy atom. The Hall–Kier alpha value is -3.00. The number of rotatable bonds is 6. The minimum absolute atomic E-state index is 0.00293. The van der Waals surface area contributed by atoms with E-state index in [1.165, 1.54) is 0 Å². The summed E-state index contributed by atoms with van der Waals surface area (Å²) in [4.78, 5) is 30.3. The number of likely N-dealkylation sites (tertiary alicyclic amines) is 1. The van der Waals surface area contributed by atoms with Crippen molar-refractivity contribution in [2.45, 2.75) is 45.2 Å². The monoisotopic (exact) mass is 421 g/mol. The van der Waals surface area contributed by atoms with Gasteiger partial charge in [-0.15, -0.1) is 10.2 Å². The SMILES string of the molecule is CCn1cnnc1CN(C)C(=O)[C@@H]1[C@@H]2C=C[C@@]3(CN(Cc4cccc(C)c4)C(=O)[C@H]13)O2. The van der Waals surface area contributed by atoms with Crippen molar-refractivity contribution in [2.75, 3.05) is 13.6 Å². The molecule has 8 heteroatoms. The van der Waals surface area contributed by atoms with E-state index in [-0.39, 0.29) is 17.9 Å². The van der Waals surface area contributed by atoms with Gasteiger partial charge in [0.05, 0.1) is 31.0 Å². The number of hydrogen-bond donors (Lipinski definition) is 0. The van der Waals surface area contributed by atoms with Gasteiger partial charge in [-0.2, -0.15) is 0 Å². The van der Waals surface area contributed by atoms with Crippen LogP contribution in [0.4, 0.5) is 0 Å². The topological polar surface area (TPSA) is 80.6 Å². The number of aryl methyl sites for hydroxylation is 2. The molecule has 5 rings (SSSR count). The molecule has 8 nitrogen and oxygen atoms in total. The van der Waals surface area contributed by atoms with Crippen molar-refractivity contribution in [2.24, 2.45) is 11.8 Å². The molecule has 0 unspecified atom stereocenters. The first-order chi connectivity index (χ1) is 14.9. The number of nitrogens with zero attached hydrogens (tertiary/aromatic N) is 5. The number of carbonyl (C=O) groups excluding carboxylic acids is 2. The number of fused-ring (bicyclic) bond motifs is 1. The van der Waals surface area contributed by atoms with Crippen LogP contribution < -0.4 is 0 Å². The van der Waals surface area contributed by atoms with Crippen LogP contribution >= 0.6 is 0 Å². The second-order valence-corrected chi connectivity index (χ2v) is 8.81. The largest absolute Gasteiger partial charge is 0.360 e. The van der Waals surface area contributed by atoms with Gasteiger partial charge in [0.1, 0.15) is 11.9 Å². The Morgan fingerprint density at radius 2 is 2.23 bits per heavy atom. The molecule has 2 amide bonds. The molecule has 4 atom stereocenters. The maximum absolute atomic E-state index is 13.4. The van der Waals surface area contributed by atoms with Gasteiger partial charge in [0.15, 0.2) is 5.82 Å². The second-order valence-electron chi connectivity index (χ2n) is 8.81. The van der Waals surface area contributed by atoms with E-state index >= 15 is 0 Å². The van der Waals surface area contributed by atoms with Gasteiger partial charge in [-0.3, -0.25) is 9.59 Å². The van der Waals surface area contributed by atoms with E-state index in [0.717, 1.165) is 23.5 Å². The van der Waals surface area contributed by atoms with E-state index in [1.54, 1.807) is 18.3 Å². The number of benzene rings is 1. The van der Waals surface area contributed by atoms with Crippen molar-refractivity contribution in [3.05, 3.63) is 59.7 Å². The maximum Gasteiger partial charge on any atom is 0.230 e. The molecule has 0 radical (unpaired) electrons. The number of aromatic nitrogens is 3. The summed E-state index contributed by atoms with van der Waals surface area (Å²) in [7, 11) is 1.75. The van der Waals surface area contributed by atoms with E-state index in [4.69, 9.17) is 4.74 Å². The molecule has 0 N–H and O–H groups in total. The highest BCUT2D eigenvalue weighted by molar-refractivity contribution is 5.93. The van der Waals surface area contributed by atoms with Crippen LogP contribution in [0.5, 0.6) is 0 Å². The first-order valence-corrected chi connectivity index (χ1v) is 10.7. The van der Waals surface area contributed by atoms with Crippen molar-refractivity contribution in [1.29, 1.82) is 0 Å². The molecule has 1 spiro atoms. The molecule has 3 aliphatic rings. The lowest BCUT2D eigenvalue weighted by atomic mass is 9.76. The average Bonchev–Trinajstić information content (AvgIpc) is 3.49. The molecule has 1 aromatic heterocycles. The van der Waals surface area contributed by atoms with Crippen molar-refractivity contribution in [3.63, 3.8) is 0 Å². The molecular weight excluding hydrogens is 394 g/mol. The summed E-state index contributed by atoms with van der Waals surface area (Å²) >= 11 is 0.